The van der Waals surface area contributed by atoms with Crippen LogP contribution in [-0.2, 0) is 16.1 Å². The minimum atomic E-state index is -0.433. The van der Waals surface area contributed by atoms with Crippen LogP contribution in [0.3, 0.4) is 0 Å². The molecule has 1 amide bonds. The maximum absolute atomic E-state index is 12.0. The maximum Gasteiger partial charge on any atom is 0.269 e. The van der Waals surface area contributed by atoms with Crippen LogP contribution in [0.15, 0.2) is 18.2 Å². The number of carbonyl (C=O) groups is 1. The molecule has 0 aliphatic carbocycles. The standard InChI is InChI=1S/C14H18N2O4/c1-2-20-10-11-9-12(16(18)19)6-7-13(11)15-8-4-3-5-14(15)17/h6-7,9H,2-5,8,10H2,1H3. The molecule has 0 atom stereocenters. The van der Waals surface area contributed by atoms with Crippen molar-refractivity contribution in [3.63, 3.8) is 0 Å². The molecule has 0 bridgehead atoms. The second kappa shape index (κ2) is 6.47. The van der Waals surface area contributed by atoms with E-state index in [-0.39, 0.29) is 18.2 Å². The Kier molecular flexibility index (Phi) is 4.68. The topological polar surface area (TPSA) is 72.7 Å². The number of hydrogen-bond donors (Lipinski definition) is 0. The number of non-ortho nitro benzene ring substituents is 1. The van der Waals surface area contributed by atoms with E-state index in [4.69, 9.17) is 4.74 Å². The van der Waals surface area contributed by atoms with Crippen molar-refractivity contribution in [3.05, 3.63) is 33.9 Å². The van der Waals surface area contributed by atoms with E-state index < -0.39 is 4.92 Å². The second-order valence-electron chi connectivity index (χ2n) is 4.71. The van der Waals surface area contributed by atoms with Crippen LogP contribution in [0.1, 0.15) is 31.7 Å². The molecule has 1 aliphatic heterocycles. The Hall–Kier alpha value is -1.95. The van der Waals surface area contributed by atoms with E-state index in [1.807, 2.05) is 6.92 Å². The highest BCUT2D eigenvalue weighted by atomic mass is 16.6. The third-order valence-corrected chi connectivity index (χ3v) is 3.35. The van der Waals surface area contributed by atoms with Gasteiger partial charge in [-0.2, -0.15) is 0 Å². The zero-order chi connectivity index (χ0) is 14.5. The van der Waals surface area contributed by atoms with Gasteiger partial charge in [0.25, 0.3) is 5.69 Å². The highest BCUT2D eigenvalue weighted by molar-refractivity contribution is 5.94. The molecule has 1 heterocycles. The summed E-state index contributed by atoms with van der Waals surface area (Å²) >= 11 is 0. The molecular formula is C14H18N2O4. The van der Waals surface area contributed by atoms with Crippen molar-refractivity contribution in [2.24, 2.45) is 0 Å². The first-order chi connectivity index (χ1) is 9.63. The SMILES string of the molecule is CCOCc1cc([N+](=O)[O-])ccc1N1CCCCC1=O. The summed E-state index contributed by atoms with van der Waals surface area (Å²) in [6.07, 6.45) is 2.39. The monoisotopic (exact) mass is 278 g/mol. The lowest BCUT2D eigenvalue weighted by molar-refractivity contribution is -0.384. The summed E-state index contributed by atoms with van der Waals surface area (Å²) in [7, 11) is 0. The molecule has 0 spiro atoms. The van der Waals surface area contributed by atoms with Gasteiger partial charge in [-0.25, -0.2) is 0 Å². The van der Waals surface area contributed by atoms with E-state index in [1.165, 1.54) is 12.1 Å². The molecule has 0 unspecified atom stereocenters. The van der Waals surface area contributed by atoms with Crippen molar-refractivity contribution in [1.82, 2.24) is 0 Å². The Morgan fingerprint density at radius 3 is 2.85 bits per heavy atom. The van der Waals surface area contributed by atoms with Crippen molar-refractivity contribution in [2.45, 2.75) is 32.8 Å². The van der Waals surface area contributed by atoms with E-state index in [1.54, 1.807) is 11.0 Å². The number of carbonyl (C=O) groups excluding carboxylic acids is 1. The molecule has 0 aromatic heterocycles. The minimum absolute atomic E-state index is 0.0212. The molecule has 1 aromatic carbocycles. The van der Waals surface area contributed by atoms with Crippen LogP contribution >= 0.6 is 0 Å². The lowest BCUT2D eigenvalue weighted by atomic mass is 10.1. The number of nitro benzene ring substituents is 1. The molecule has 0 radical (unpaired) electrons. The molecular weight excluding hydrogens is 260 g/mol. The number of rotatable bonds is 5. The van der Waals surface area contributed by atoms with Gasteiger partial charge in [0, 0.05) is 43.0 Å². The fourth-order valence-corrected chi connectivity index (χ4v) is 2.34. The summed E-state index contributed by atoms with van der Waals surface area (Å²) < 4.78 is 5.36. The lowest BCUT2D eigenvalue weighted by Gasteiger charge is -2.28. The van der Waals surface area contributed by atoms with Crippen LogP contribution in [0, 0.1) is 10.1 Å². The molecule has 20 heavy (non-hydrogen) atoms. The van der Waals surface area contributed by atoms with Crippen LogP contribution in [0.5, 0.6) is 0 Å². The van der Waals surface area contributed by atoms with Gasteiger partial charge in [-0.1, -0.05) is 0 Å². The van der Waals surface area contributed by atoms with Crippen molar-refractivity contribution in [1.29, 1.82) is 0 Å². The molecule has 2 rings (SSSR count). The van der Waals surface area contributed by atoms with Crippen LogP contribution in [0.4, 0.5) is 11.4 Å². The first kappa shape index (κ1) is 14.5. The van der Waals surface area contributed by atoms with E-state index >= 15 is 0 Å². The Balaban J connectivity index is 2.34. The Labute approximate surface area is 117 Å². The van der Waals surface area contributed by atoms with Gasteiger partial charge < -0.3 is 9.64 Å². The number of piperidine rings is 1. The average molecular weight is 278 g/mol. The van der Waals surface area contributed by atoms with Gasteiger partial charge >= 0.3 is 0 Å². The van der Waals surface area contributed by atoms with Crippen LogP contribution in [-0.4, -0.2) is 24.0 Å². The number of ether oxygens (including phenoxy) is 1. The van der Waals surface area contributed by atoms with Crippen molar-refractivity contribution >= 4 is 17.3 Å². The van der Waals surface area contributed by atoms with Gasteiger partial charge in [0.05, 0.1) is 11.5 Å². The van der Waals surface area contributed by atoms with E-state index in [0.29, 0.717) is 25.1 Å². The third kappa shape index (κ3) is 3.14. The van der Waals surface area contributed by atoms with E-state index in [0.717, 1.165) is 18.5 Å². The number of hydrogen-bond acceptors (Lipinski definition) is 4. The summed E-state index contributed by atoms with van der Waals surface area (Å²) in [6, 6.07) is 4.58. The zero-order valence-corrected chi connectivity index (χ0v) is 11.5. The smallest absolute Gasteiger partial charge is 0.269 e. The third-order valence-electron chi connectivity index (χ3n) is 3.35. The molecule has 1 aliphatic rings. The van der Waals surface area contributed by atoms with Crippen LogP contribution in [0.2, 0.25) is 0 Å². The van der Waals surface area contributed by atoms with Gasteiger partial charge in [0.2, 0.25) is 5.91 Å². The largest absolute Gasteiger partial charge is 0.377 e. The summed E-state index contributed by atoms with van der Waals surface area (Å²) in [5.74, 6) is 0.0721. The molecule has 6 heteroatoms. The molecule has 1 aromatic rings. The van der Waals surface area contributed by atoms with Crippen LogP contribution < -0.4 is 4.90 Å². The number of anilines is 1. The van der Waals surface area contributed by atoms with Gasteiger partial charge in [-0.15, -0.1) is 0 Å². The summed E-state index contributed by atoms with van der Waals surface area (Å²) in [4.78, 5) is 24.1. The van der Waals surface area contributed by atoms with Crippen molar-refractivity contribution in [2.75, 3.05) is 18.1 Å². The van der Waals surface area contributed by atoms with E-state index in [9.17, 15) is 14.9 Å². The Morgan fingerprint density at radius 2 is 2.20 bits per heavy atom. The Bertz CT molecular complexity index is 516. The highest BCUT2D eigenvalue weighted by Gasteiger charge is 2.23. The van der Waals surface area contributed by atoms with Crippen molar-refractivity contribution < 1.29 is 14.5 Å². The molecule has 0 saturated carbocycles. The molecule has 1 fully saturated rings. The fourth-order valence-electron chi connectivity index (χ4n) is 2.34. The summed E-state index contributed by atoms with van der Waals surface area (Å²) in [6.45, 7) is 3.33. The summed E-state index contributed by atoms with van der Waals surface area (Å²) in [5, 5.41) is 10.9. The zero-order valence-electron chi connectivity index (χ0n) is 11.5. The fraction of sp³-hybridized carbons (Fsp3) is 0.500. The molecule has 108 valence electrons. The first-order valence-electron chi connectivity index (χ1n) is 6.79. The number of amides is 1. The number of benzene rings is 1. The maximum atomic E-state index is 12.0. The molecule has 0 N–H and O–H groups in total. The predicted molar refractivity (Wildman–Crippen MR) is 74.6 cm³/mol. The first-order valence-corrected chi connectivity index (χ1v) is 6.79. The number of nitro groups is 1. The number of nitrogens with zero attached hydrogens (tertiary/aromatic N) is 2. The van der Waals surface area contributed by atoms with Crippen molar-refractivity contribution in [3.8, 4) is 0 Å². The highest BCUT2D eigenvalue weighted by Crippen LogP contribution is 2.29. The van der Waals surface area contributed by atoms with Crippen LogP contribution in [0.25, 0.3) is 0 Å². The van der Waals surface area contributed by atoms with Gasteiger partial charge in [-0.3, -0.25) is 14.9 Å². The van der Waals surface area contributed by atoms with Gasteiger partial charge in [0.15, 0.2) is 0 Å². The predicted octanol–water partition coefficient (Wildman–Crippen LogP) is 2.65. The Morgan fingerprint density at radius 1 is 1.40 bits per heavy atom. The molecule has 1 saturated heterocycles. The second-order valence-corrected chi connectivity index (χ2v) is 4.71. The normalized spacial score (nSPS) is 15.4. The lowest BCUT2D eigenvalue weighted by Crippen LogP contribution is -2.35. The molecule has 6 nitrogen and oxygen atoms in total. The average Bonchev–Trinajstić information content (AvgIpc) is 2.45. The van der Waals surface area contributed by atoms with Gasteiger partial charge in [-0.05, 0) is 25.8 Å². The van der Waals surface area contributed by atoms with Gasteiger partial charge in [0.1, 0.15) is 0 Å². The quantitative estimate of drug-likeness (QED) is 0.613. The minimum Gasteiger partial charge on any atom is -0.377 e. The van der Waals surface area contributed by atoms with E-state index in [2.05, 4.69) is 0 Å². The summed E-state index contributed by atoms with van der Waals surface area (Å²) in [5.41, 5.74) is 1.44.